The van der Waals surface area contributed by atoms with Crippen molar-refractivity contribution in [3.8, 4) is 0 Å². The van der Waals surface area contributed by atoms with Gasteiger partial charge in [-0.1, -0.05) is 29.8 Å². The maximum atomic E-state index is 12.3. The Hall–Kier alpha value is -2.17. The van der Waals surface area contributed by atoms with E-state index < -0.39 is 11.9 Å². The lowest BCUT2D eigenvalue weighted by atomic mass is 9.96. The highest BCUT2D eigenvalue weighted by molar-refractivity contribution is 6.00. The summed E-state index contributed by atoms with van der Waals surface area (Å²) in [5.41, 5.74) is 2.04. The zero-order chi connectivity index (χ0) is 15.4. The molecule has 1 fully saturated rings. The number of hydrogen-bond donors (Lipinski definition) is 0. The van der Waals surface area contributed by atoms with Gasteiger partial charge in [0.25, 0.3) is 0 Å². The van der Waals surface area contributed by atoms with E-state index in [2.05, 4.69) is 4.74 Å². The molecule has 1 amide bonds. The molecule has 1 saturated heterocycles. The van der Waals surface area contributed by atoms with Crippen LogP contribution in [0, 0.1) is 12.8 Å². The molecule has 1 unspecified atom stereocenters. The summed E-state index contributed by atoms with van der Waals surface area (Å²) in [4.78, 5) is 37.2. The lowest BCUT2D eigenvalue weighted by Gasteiger charge is -2.30. The van der Waals surface area contributed by atoms with Gasteiger partial charge in [0, 0.05) is 19.5 Å². The number of hydrogen-bond acceptors (Lipinski definition) is 4. The SMILES string of the molecule is COC(=O)C1CN(C(=O)Cc2cccc(C)c2)CCC1=O. The van der Waals surface area contributed by atoms with Crippen molar-refractivity contribution in [3.05, 3.63) is 35.4 Å². The Morgan fingerprint density at radius 3 is 2.81 bits per heavy atom. The zero-order valence-corrected chi connectivity index (χ0v) is 12.3. The average Bonchev–Trinajstić information content (AvgIpc) is 2.47. The molecule has 1 atom stereocenters. The monoisotopic (exact) mass is 289 g/mol. The van der Waals surface area contributed by atoms with Gasteiger partial charge >= 0.3 is 5.97 Å². The Morgan fingerprint density at radius 1 is 1.38 bits per heavy atom. The Balaban J connectivity index is 2.02. The number of esters is 1. The molecule has 1 aromatic rings. The van der Waals surface area contributed by atoms with Crippen molar-refractivity contribution in [2.45, 2.75) is 19.8 Å². The number of nitrogens with zero attached hydrogens (tertiary/aromatic N) is 1. The number of rotatable bonds is 3. The number of amides is 1. The number of carbonyl (C=O) groups is 3. The molecule has 0 N–H and O–H groups in total. The first-order chi connectivity index (χ1) is 10.0. The fourth-order valence-corrected chi connectivity index (χ4v) is 2.52. The van der Waals surface area contributed by atoms with Gasteiger partial charge in [0.1, 0.15) is 5.92 Å². The van der Waals surface area contributed by atoms with Crippen LogP contribution in [0.5, 0.6) is 0 Å². The topological polar surface area (TPSA) is 63.7 Å². The van der Waals surface area contributed by atoms with Crippen molar-refractivity contribution in [2.24, 2.45) is 5.92 Å². The van der Waals surface area contributed by atoms with Crippen molar-refractivity contribution in [3.63, 3.8) is 0 Å². The fourth-order valence-electron chi connectivity index (χ4n) is 2.52. The Bertz CT molecular complexity index is 559. The second-order valence-electron chi connectivity index (χ2n) is 5.30. The first kappa shape index (κ1) is 15.2. The minimum absolute atomic E-state index is 0.0676. The molecule has 1 aromatic carbocycles. The number of piperidine rings is 1. The van der Waals surface area contributed by atoms with E-state index in [4.69, 9.17) is 0 Å². The molecule has 0 spiro atoms. The number of ether oxygens (including phenoxy) is 1. The molecule has 1 aliphatic rings. The molecular formula is C16H19NO4. The van der Waals surface area contributed by atoms with Crippen molar-refractivity contribution >= 4 is 17.7 Å². The van der Waals surface area contributed by atoms with Gasteiger partial charge in [-0.25, -0.2) is 0 Å². The van der Waals surface area contributed by atoms with Crippen LogP contribution >= 0.6 is 0 Å². The molecule has 0 bridgehead atoms. The van der Waals surface area contributed by atoms with Crippen molar-refractivity contribution in [1.29, 1.82) is 0 Å². The minimum atomic E-state index is -0.842. The summed E-state index contributed by atoms with van der Waals surface area (Å²) in [6, 6.07) is 7.75. The maximum Gasteiger partial charge on any atom is 0.318 e. The summed E-state index contributed by atoms with van der Waals surface area (Å²) in [6.07, 6.45) is 0.489. The van der Waals surface area contributed by atoms with Gasteiger partial charge < -0.3 is 9.64 Å². The molecule has 2 rings (SSSR count). The molecular weight excluding hydrogens is 270 g/mol. The standard InChI is InChI=1S/C16H19NO4/c1-11-4-3-5-12(8-11)9-15(19)17-7-6-14(18)13(10-17)16(20)21-2/h3-5,8,13H,6-7,9-10H2,1-2H3. The Kier molecular flexibility index (Phi) is 4.73. The third-order valence-electron chi connectivity index (χ3n) is 3.70. The fraction of sp³-hybridized carbons (Fsp3) is 0.438. The number of methoxy groups -OCH3 is 1. The molecule has 5 nitrogen and oxygen atoms in total. The van der Waals surface area contributed by atoms with E-state index in [0.29, 0.717) is 6.54 Å². The summed E-state index contributed by atoms with van der Waals surface area (Å²) in [7, 11) is 1.25. The van der Waals surface area contributed by atoms with Crippen LogP contribution in [0.15, 0.2) is 24.3 Å². The first-order valence-corrected chi connectivity index (χ1v) is 6.95. The lowest BCUT2D eigenvalue weighted by Crippen LogP contribution is -2.47. The molecule has 112 valence electrons. The molecule has 0 aliphatic carbocycles. The predicted octanol–water partition coefficient (Wildman–Crippen LogP) is 1.13. The van der Waals surface area contributed by atoms with Crippen LogP contribution < -0.4 is 0 Å². The number of likely N-dealkylation sites (tertiary alicyclic amines) is 1. The van der Waals surface area contributed by atoms with E-state index in [0.717, 1.165) is 11.1 Å². The zero-order valence-electron chi connectivity index (χ0n) is 12.3. The van der Waals surface area contributed by atoms with Crippen molar-refractivity contribution in [2.75, 3.05) is 20.2 Å². The highest BCUT2D eigenvalue weighted by Crippen LogP contribution is 2.16. The smallest absolute Gasteiger partial charge is 0.318 e. The van der Waals surface area contributed by atoms with Crippen LogP contribution in [0.1, 0.15) is 17.5 Å². The Morgan fingerprint density at radius 2 is 2.14 bits per heavy atom. The van der Waals surface area contributed by atoms with E-state index in [1.165, 1.54) is 7.11 Å². The predicted molar refractivity (Wildman–Crippen MR) is 76.6 cm³/mol. The quantitative estimate of drug-likeness (QED) is 0.618. The average molecular weight is 289 g/mol. The normalized spacial score (nSPS) is 18.5. The van der Waals surface area contributed by atoms with Crippen LogP contribution in [0.2, 0.25) is 0 Å². The summed E-state index contributed by atoms with van der Waals surface area (Å²) < 4.78 is 4.62. The van der Waals surface area contributed by atoms with Crippen LogP contribution in [-0.4, -0.2) is 42.8 Å². The first-order valence-electron chi connectivity index (χ1n) is 6.95. The summed E-state index contributed by atoms with van der Waals surface area (Å²) in [5.74, 6) is -1.62. The van der Waals surface area contributed by atoms with Crippen LogP contribution in [0.4, 0.5) is 0 Å². The number of benzene rings is 1. The van der Waals surface area contributed by atoms with Gasteiger partial charge in [-0.3, -0.25) is 14.4 Å². The third-order valence-corrected chi connectivity index (χ3v) is 3.70. The molecule has 1 heterocycles. The van der Waals surface area contributed by atoms with Gasteiger partial charge in [-0.2, -0.15) is 0 Å². The van der Waals surface area contributed by atoms with E-state index in [-0.39, 0.29) is 31.1 Å². The van der Waals surface area contributed by atoms with Gasteiger partial charge in [0.2, 0.25) is 5.91 Å². The van der Waals surface area contributed by atoms with E-state index in [1.807, 2.05) is 31.2 Å². The maximum absolute atomic E-state index is 12.3. The second-order valence-corrected chi connectivity index (χ2v) is 5.30. The van der Waals surface area contributed by atoms with E-state index in [1.54, 1.807) is 4.90 Å². The molecule has 21 heavy (non-hydrogen) atoms. The summed E-state index contributed by atoms with van der Waals surface area (Å²) in [6.45, 7) is 2.47. The van der Waals surface area contributed by atoms with Gasteiger partial charge in [0.15, 0.2) is 5.78 Å². The van der Waals surface area contributed by atoms with Crippen LogP contribution in [0.25, 0.3) is 0 Å². The van der Waals surface area contributed by atoms with Crippen molar-refractivity contribution < 1.29 is 19.1 Å². The van der Waals surface area contributed by atoms with Gasteiger partial charge in [-0.05, 0) is 12.5 Å². The second kappa shape index (κ2) is 6.52. The largest absolute Gasteiger partial charge is 0.468 e. The van der Waals surface area contributed by atoms with Crippen LogP contribution in [-0.2, 0) is 25.5 Å². The van der Waals surface area contributed by atoms with Gasteiger partial charge in [-0.15, -0.1) is 0 Å². The van der Waals surface area contributed by atoms with Crippen molar-refractivity contribution in [1.82, 2.24) is 4.90 Å². The highest BCUT2D eigenvalue weighted by Gasteiger charge is 2.35. The molecule has 1 aliphatic heterocycles. The Labute approximate surface area is 123 Å². The molecule has 0 saturated carbocycles. The number of Topliss-reactive ketones (excluding diaryl/α,β-unsaturated/α-hetero) is 1. The minimum Gasteiger partial charge on any atom is -0.468 e. The van der Waals surface area contributed by atoms with Gasteiger partial charge in [0.05, 0.1) is 13.5 Å². The number of ketones is 1. The highest BCUT2D eigenvalue weighted by atomic mass is 16.5. The van der Waals surface area contributed by atoms with E-state index in [9.17, 15) is 14.4 Å². The number of aryl methyl sites for hydroxylation is 1. The molecule has 0 radical (unpaired) electrons. The molecule has 5 heteroatoms. The third kappa shape index (κ3) is 3.68. The molecule has 0 aromatic heterocycles. The van der Waals surface area contributed by atoms with Crippen LogP contribution in [0.3, 0.4) is 0 Å². The lowest BCUT2D eigenvalue weighted by molar-refractivity contribution is -0.153. The number of carbonyl (C=O) groups excluding carboxylic acids is 3. The summed E-state index contributed by atoms with van der Waals surface area (Å²) >= 11 is 0. The van der Waals surface area contributed by atoms with E-state index >= 15 is 0 Å². The summed E-state index contributed by atoms with van der Waals surface area (Å²) in [5, 5.41) is 0.